The number of ether oxygens (including phenoxy) is 2. The lowest BCUT2D eigenvalue weighted by atomic mass is 10.1. The van der Waals surface area contributed by atoms with Gasteiger partial charge in [0, 0.05) is 6.61 Å². The molecule has 14 heavy (non-hydrogen) atoms. The third-order valence-electron chi connectivity index (χ3n) is 2.90. The van der Waals surface area contributed by atoms with Crippen LogP contribution in [0.25, 0.3) is 0 Å². The van der Waals surface area contributed by atoms with Gasteiger partial charge in [0.05, 0.1) is 19.3 Å². The normalized spacial score (nSPS) is 33.1. The van der Waals surface area contributed by atoms with E-state index < -0.39 is 0 Å². The average Bonchev–Trinajstić information content (AvgIpc) is 2.53. The van der Waals surface area contributed by atoms with Gasteiger partial charge in [-0.15, -0.1) is 6.42 Å². The van der Waals surface area contributed by atoms with Crippen molar-refractivity contribution in [1.82, 2.24) is 4.90 Å². The van der Waals surface area contributed by atoms with Crippen molar-refractivity contribution in [2.75, 3.05) is 26.9 Å². The first-order valence-electron chi connectivity index (χ1n) is 5.11. The molecule has 0 aromatic carbocycles. The highest BCUT2D eigenvalue weighted by Gasteiger charge is 2.43. The van der Waals surface area contributed by atoms with Gasteiger partial charge in [0.2, 0.25) is 0 Å². The Morgan fingerprint density at radius 3 is 2.79 bits per heavy atom. The van der Waals surface area contributed by atoms with Crippen molar-refractivity contribution in [1.29, 1.82) is 0 Å². The number of likely N-dealkylation sites (N-methyl/N-ethyl adjacent to an activating group) is 1. The number of nitrogens with zero attached hydrogens (tertiary/aromatic N) is 1. The van der Waals surface area contributed by atoms with Crippen molar-refractivity contribution in [3.63, 3.8) is 0 Å². The Bertz CT molecular complexity index is 224. The summed E-state index contributed by atoms with van der Waals surface area (Å²) in [6, 6.07) is 0.0791. The Balaban J connectivity index is 2.66. The van der Waals surface area contributed by atoms with Crippen LogP contribution in [-0.4, -0.2) is 43.5 Å². The standard InChI is InChI=1S/C11H19NO2/c1-5-10-8-14-11(6-2,12(10)4)9-13-7-3/h1,10H,6-9H2,2-4H3/t10-,11-/m1/s1. The summed E-state index contributed by atoms with van der Waals surface area (Å²) in [6.45, 7) is 5.98. The van der Waals surface area contributed by atoms with Crippen LogP contribution in [-0.2, 0) is 9.47 Å². The molecule has 1 fully saturated rings. The van der Waals surface area contributed by atoms with E-state index in [4.69, 9.17) is 15.9 Å². The lowest BCUT2D eigenvalue weighted by molar-refractivity contribution is -0.126. The van der Waals surface area contributed by atoms with Crippen LogP contribution in [0.3, 0.4) is 0 Å². The first-order chi connectivity index (χ1) is 6.70. The molecule has 1 aliphatic rings. The number of terminal acetylenes is 1. The molecule has 0 spiro atoms. The predicted octanol–water partition coefficient (Wildman–Crippen LogP) is 1.09. The highest BCUT2D eigenvalue weighted by atomic mass is 16.6. The highest BCUT2D eigenvalue weighted by Crippen LogP contribution is 2.29. The lowest BCUT2D eigenvalue weighted by Crippen LogP contribution is -2.48. The average molecular weight is 197 g/mol. The summed E-state index contributed by atoms with van der Waals surface area (Å²) >= 11 is 0. The molecule has 0 saturated carbocycles. The maximum atomic E-state index is 5.77. The molecule has 0 aromatic heterocycles. The quantitative estimate of drug-likeness (QED) is 0.630. The summed E-state index contributed by atoms with van der Waals surface area (Å²) in [7, 11) is 2.00. The van der Waals surface area contributed by atoms with Crippen molar-refractivity contribution in [3.8, 4) is 12.3 Å². The molecule has 1 rings (SSSR count). The second kappa shape index (κ2) is 4.79. The summed E-state index contributed by atoms with van der Waals surface area (Å²) in [5.41, 5.74) is -0.312. The van der Waals surface area contributed by atoms with Gasteiger partial charge in [-0.25, -0.2) is 0 Å². The van der Waals surface area contributed by atoms with Gasteiger partial charge in [-0.1, -0.05) is 12.8 Å². The first-order valence-corrected chi connectivity index (χ1v) is 5.11. The summed E-state index contributed by atoms with van der Waals surface area (Å²) in [6.07, 6.45) is 6.31. The minimum atomic E-state index is -0.312. The topological polar surface area (TPSA) is 21.7 Å². The molecule has 0 aliphatic carbocycles. The predicted molar refractivity (Wildman–Crippen MR) is 55.9 cm³/mol. The van der Waals surface area contributed by atoms with Gasteiger partial charge in [-0.2, -0.15) is 0 Å². The van der Waals surface area contributed by atoms with Crippen LogP contribution in [0, 0.1) is 12.3 Å². The van der Waals surface area contributed by atoms with Gasteiger partial charge < -0.3 is 9.47 Å². The number of hydrogen-bond acceptors (Lipinski definition) is 3. The van der Waals surface area contributed by atoms with Gasteiger partial charge in [0.25, 0.3) is 0 Å². The largest absolute Gasteiger partial charge is 0.377 e. The maximum Gasteiger partial charge on any atom is 0.145 e. The molecule has 2 atom stereocenters. The van der Waals surface area contributed by atoms with Gasteiger partial charge in [-0.3, -0.25) is 4.90 Å². The molecule has 1 heterocycles. The fraction of sp³-hybridized carbons (Fsp3) is 0.818. The summed E-state index contributed by atoms with van der Waals surface area (Å²) in [5.74, 6) is 2.72. The van der Waals surface area contributed by atoms with E-state index in [0.29, 0.717) is 19.8 Å². The Labute approximate surface area is 86.4 Å². The minimum absolute atomic E-state index is 0.0791. The van der Waals surface area contributed by atoms with E-state index in [0.717, 1.165) is 6.42 Å². The summed E-state index contributed by atoms with van der Waals surface area (Å²) in [5, 5.41) is 0. The second-order valence-electron chi connectivity index (χ2n) is 3.54. The zero-order valence-electron chi connectivity index (χ0n) is 9.25. The first kappa shape index (κ1) is 11.5. The van der Waals surface area contributed by atoms with Crippen molar-refractivity contribution >= 4 is 0 Å². The molecule has 0 N–H and O–H groups in total. The molecule has 0 aromatic rings. The van der Waals surface area contributed by atoms with E-state index in [-0.39, 0.29) is 11.8 Å². The molecule has 0 amide bonds. The zero-order chi connectivity index (χ0) is 10.6. The van der Waals surface area contributed by atoms with Crippen molar-refractivity contribution in [2.24, 2.45) is 0 Å². The smallest absolute Gasteiger partial charge is 0.145 e. The van der Waals surface area contributed by atoms with Gasteiger partial charge in [0.15, 0.2) is 0 Å². The van der Waals surface area contributed by atoms with Crippen molar-refractivity contribution in [2.45, 2.75) is 32.0 Å². The van der Waals surface area contributed by atoms with Crippen LogP contribution in [0.1, 0.15) is 20.3 Å². The van der Waals surface area contributed by atoms with Crippen LogP contribution < -0.4 is 0 Å². The van der Waals surface area contributed by atoms with Crippen LogP contribution in [0.5, 0.6) is 0 Å². The monoisotopic (exact) mass is 197 g/mol. The van der Waals surface area contributed by atoms with E-state index in [1.807, 2.05) is 14.0 Å². The van der Waals surface area contributed by atoms with Crippen molar-refractivity contribution in [3.05, 3.63) is 0 Å². The molecule has 0 unspecified atom stereocenters. The second-order valence-corrected chi connectivity index (χ2v) is 3.54. The summed E-state index contributed by atoms with van der Waals surface area (Å²) in [4.78, 5) is 2.10. The molecule has 0 bridgehead atoms. The number of rotatable bonds is 4. The Kier molecular flexibility index (Phi) is 3.94. The third kappa shape index (κ3) is 1.93. The fourth-order valence-electron chi connectivity index (χ4n) is 1.75. The molecule has 1 aliphatic heterocycles. The Morgan fingerprint density at radius 1 is 1.64 bits per heavy atom. The number of hydrogen-bond donors (Lipinski definition) is 0. The van der Waals surface area contributed by atoms with Crippen molar-refractivity contribution < 1.29 is 9.47 Å². The molecule has 80 valence electrons. The minimum Gasteiger partial charge on any atom is -0.377 e. The van der Waals surface area contributed by atoms with E-state index in [9.17, 15) is 0 Å². The third-order valence-corrected chi connectivity index (χ3v) is 2.90. The molecule has 0 radical (unpaired) electrons. The molecular formula is C11H19NO2. The Hall–Kier alpha value is -0.560. The summed E-state index contributed by atoms with van der Waals surface area (Å²) < 4.78 is 11.2. The van der Waals surface area contributed by atoms with Gasteiger partial charge in [-0.05, 0) is 20.4 Å². The van der Waals surface area contributed by atoms with Crippen LogP contribution >= 0.6 is 0 Å². The highest BCUT2D eigenvalue weighted by molar-refractivity contribution is 5.06. The van der Waals surface area contributed by atoms with Gasteiger partial charge >= 0.3 is 0 Å². The van der Waals surface area contributed by atoms with Gasteiger partial charge in [0.1, 0.15) is 5.72 Å². The Morgan fingerprint density at radius 2 is 2.36 bits per heavy atom. The van der Waals surface area contributed by atoms with Crippen LogP contribution in [0.2, 0.25) is 0 Å². The van der Waals surface area contributed by atoms with E-state index in [2.05, 4.69) is 17.7 Å². The van der Waals surface area contributed by atoms with E-state index in [1.54, 1.807) is 0 Å². The SMILES string of the molecule is C#C[C@@H]1CO[C@](CC)(COCC)N1C. The van der Waals surface area contributed by atoms with E-state index in [1.165, 1.54) is 0 Å². The molecule has 3 heteroatoms. The molecule has 1 saturated heterocycles. The van der Waals surface area contributed by atoms with Crippen LogP contribution in [0.4, 0.5) is 0 Å². The fourth-order valence-corrected chi connectivity index (χ4v) is 1.75. The maximum absolute atomic E-state index is 5.77. The molecular weight excluding hydrogens is 178 g/mol. The lowest BCUT2D eigenvalue weighted by Gasteiger charge is -2.34. The molecule has 3 nitrogen and oxygen atoms in total. The zero-order valence-corrected chi connectivity index (χ0v) is 9.25. The van der Waals surface area contributed by atoms with Crippen LogP contribution in [0.15, 0.2) is 0 Å². The van der Waals surface area contributed by atoms with E-state index >= 15 is 0 Å².